The van der Waals surface area contributed by atoms with E-state index in [1.165, 1.54) is 10.9 Å². The molecule has 0 saturated heterocycles. The molecule has 0 bridgehead atoms. The number of benzene rings is 1. The Hall–Kier alpha value is -1.37. The van der Waals surface area contributed by atoms with Gasteiger partial charge in [-0.25, -0.2) is 8.42 Å². The summed E-state index contributed by atoms with van der Waals surface area (Å²) in [4.78, 5) is 11.2. The van der Waals surface area contributed by atoms with Crippen LogP contribution in [-0.4, -0.2) is 36.5 Å². The minimum absolute atomic E-state index is 0.0598. The van der Waals surface area contributed by atoms with Crippen LogP contribution in [0.15, 0.2) is 24.4 Å². The highest BCUT2D eigenvalue weighted by Gasteiger charge is 2.15. The molecular weight excluding hydrogens is 335 g/mol. The summed E-state index contributed by atoms with van der Waals surface area (Å²) in [5.41, 5.74) is 1.24. The van der Waals surface area contributed by atoms with E-state index in [4.69, 9.17) is 23.2 Å². The maximum absolute atomic E-state index is 11.2. The fourth-order valence-corrected chi connectivity index (χ4v) is 2.68. The van der Waals surface area contributed by atoms with E-state index < -0.39 is 9.84 Å². The molecule has 0 fully saturated rings. The van der Waals surface area contributed by atoms with Gasteiger partial charge in [0.25, 0.3) is 0 Å². The molecule has 8 heteroatoms. The standard InChI is InChI=1S/C13H12Cl2N2O3S/c1-21(19,20)5-4-17-7-9(8-18)13(16-17)11-6-10(14)2-3-12(11)15/h2-3,6-8H,4-5H2,1H3. The molecule has 0 radical (unpaired) electrons. The minimum Gasteiger partial charge on any atom is -0.298 e. The Morgan fingerprint density at radius 1 is 1.33 bits per heavy atom. The maximum Gasteiger partial charge on any atom is 0.153 e. The number of rotatable bonds is 5. The fourth-order valence-electron chi connectivity index (χ4n) is 1.79. The average Bonchev–Trinajstić information content (AvgIpc) is 2.81. The van der Waals surface area contributed by atoms with Crippen LogP contribution < -0.4 is 0 Å². The van der Waals surface area contributed by atoms with Crippen LogP contribution in [-0.2, 0) is 16.4 Å². The zero-order valence-electron chi connectivity index (χ0n) is 11.1. The molecule has 21 heavy (non-hydrogen) atoms. The summed E-state index contributed by atoms with van der Waals surface area (Å²) < 4.78 is 23.8. The number of hydrogen-bond acceptors (Lipinski definition) is 4. The molecular formula is C13H12Cl2N2O3S. The van der Waals surface area contributed by atoms with Crippen LogP contribution in [0.5, 0.6) is 0 Å². The van der Waals surface area contributed by atoms with Gasteiger partial charge in [-0.2, -0.15) is 5.10 Å². The number of carbonyl (C=O) groups excluding carboxylic acids is 1. The second-order valence-electron chi connectivity index (χ2n) is 4.57. The van der Waals surface area contributed by atoms with E-state index in [9.17, 15) is 13.2 Å². The van der Waals surface area contributed by atoms with Crippen molar-refractivity contribution < 1.29 is 13.2 Å². The van der Waals surface area contributed by atoms with E-state index in [-0.39, 0.29) is 12.3 Å². The van der Waals surface area contributed by atoms with Crippen LogP contribution in [0.3, 0.4) is 0 Å². The van der Waals surface area contributed by atoms with E-state index in [0.29, 0.717) is 33.2 Å². The first-order chi connectivity index (χ1) is 9.80. The molecule has 0 aliphatic rings. The lowest BCUT2D eigenvalue weighted by Crippen LogP contribution is -2.11. The van der Waals surface area contributed by atoms with Gasteiger partial charge in [0.15, 0.2) is 6.29 Å². The van der Waals surface area contributed by atoms with Crippen LogP contribution >= 0.6 is 23.2 Å². The molecule has 0 saturated carbocycles. The van der Waals surface area contributed by atoms with Crippen molar-refractivity contribution in [3.63, 3.8) is 0 Å². The summed E-state index contributed by atoms with van der Waals surface area (Å²) in [7, 11) is -3.11. The lowest BCUT2D eigenvalue weighted by atomic mass is 10.1. The summed E-state index contributed by atoms with van der Waals surface area (Å²) in [6, 6.07) is 4.86. The first kappa shape index (κ1) is 16.0. The van der Waals surface area contributed by atoms with Crippen LogP contribution in [0.1, 0.15) is 10.4 Å². The molecule has 1 heterocycles. The van der Waals surface area contributed by atoms with Gasteiger partial charge in [-0.3, -0.25) is 9.48 Å². The van der Waals surface area contributed by atoms with Gasteiger partial charge in [-0.15, -0.1) is 0 Å². The van der Waals surface area contributed by atoms with Crippen LogP contribution in [0.4, 0.5) is 0 Å². The molecule has 2 aromatic rings. The molecule has 2 rings (SSSR count). The first-order valence-corrected chi connectivity index (χ1v) is 8.77. The second kappa shape index (κ2) is 6.17. The van der Waals surface area contributed by atoms with Crippen molar-refractivity contribution in [1.82, 2.24) is 9.78 Å². The molecule has 1 aromatic heterocycles. The van der Waals surface area contributed by atoms with Gasteiger partial charge in [0.1, 0.15) is 15.5 Å². The third-order valence-corrected chi connectivity index (χ3v) is 4.28. The molecule has 112 valence electrons. The summed E-state index contributed by atoms with van der Waals surface area (Å²) in [6.45, 7) is 0.165. The van der Waals surface area contributed by atoms with Crippen molar-refractivity contribution in [2.24, 2.45) is 0 Å². The van der Waals surface area contributed by atoms with Crippen molar-refractivity contribution >= 4 is 39.3 Å². The maximum atomic E-state index is 11.2. The van der Waals surface area contributed by atoms with Crippen molar-refractivity contribution in [3.8, 4) is 11.3 Å². The quantitative estimate of drug-likeness (QED) is 0.780. The summed E-state index contributed by atoms with van der Waals surface area (Å²) >= 11 is 12.0. The normalized spacial score (nSPS) is 11.6. The summed E-state index contributed by atoms with van der Waals surface area (Å²) in [6.07, 6.45) is 3.28. The highest BCUT2D eigenvalue weighted by molar-refractivity contribution is 7.90. The Morgan fingerprint density at radius 2 is 2.05 bits per heavy atom. The Kier molecular flexibility index (Phi) is 4.70. The monoisotopic (exact) mass is 346 g/mol. The topological polar surface area (TPSA) is 69.0 Å². The molecule has 0 N–H and O–H groups in total. The van der Waals surface area contributed by atoms with E-state index in [2.05, 4.69) is 5.10 Å². The molecule has 0 unspecified atom stereocenters. The lowest BCUT2D eigenvalue weighted by molar-refractivity contribution is 0.112. The zero-order chi connectivity index (χ0) is 15.6. The molecule has 0 aliphatic carbocycles. The molecule has 1 aromatic carbocycles. The van der Waals surface area contributed by atoms with E-state index >= 15 is 0 Å². The lowest BCUT2D eigenvalue weighted by Gasteiger charge is -2.03. The Balaban J connectivity index is 2.42. The number of sulfone groups is 1. The SMILES string of the molecule is CS(=O)(=O)CCn1cc(C=O)c(-c2cc(Cl)ccc2Cl)n1. The van der Waals surface area contributed by atoms with Crippen molar-refractivity contribution in [2.75, 3.05) is 12.0 Å². The van der Waals surface area contributed by atoms with Gasteiger partial charge in [0.2, 0.25) is 0 Å². The Labute approximate surface area is 132 Å². The predicted octanol–water partition coefficient (Wildman–Crippen LogP) is 2.71. The fraction of sp³-hybridized carbons (Fsp3) is 0.231. The molecule has 0 spiro atoms. The highest BCUT2D eigenvalue weighted by atomic mass is 35.5. The predicted molar refractivity (Wildman–Crippen MR) is 82.8 cm³/mol. The number of nitrogens with zero attached hydrogens (tertiary/aromatic N) is 2. The minimum atomic E-state index is -3.11. The smallest absolute Gasteiger partial charge is 0.153 e. The summed E-state index contributed by atoms with van der Waals surface area (Å²) in [5.74, 6) is -0.0598. The van der Waals surface area contributed by atoms with Crippen molar-refractivity contribution in [3.05, 3.63) is 40.0 Å². The third kappa shape index (κ3) is 4.06. The Bertz CT molecular complexity index is 785. The third-order valence-electron chi connectivity index (χ3n) is 2.79. The van der Waals surface area contributed by atoms with E-state index in [1.807, 2.05) is 0 Å². The number of aldehydes is 1. The molecule has 0 amide bonds. The van der Waals surface area contributed by atoms with Gasteiger partial charge in [-0.05, 0) is 18.2 Å². The van der Waals surface area contributed by atoms with Gasteiger partial charge >= 0.3 is 0 Å². The van der Waals surface area contributed by atoms with Gasteiger partial charge in [-0.1, -0.05) is 23.2 Å². The Morgan fingerprint density at radius 3 is 2.67 bits per heavy atom. The molecule has 5 nitrogen and oxygen atoms in total. The molecule has 0 atom stereocenters. The van der Waals surface area contributed by atoms with Gasteiger partial charge < -0.3 is 0 Å². The number of hydrogen-bond donors (Lipinski definition) is 0. The van der Waals surface area contributed by atoms with Crippen LogP contribution in [0, 0.1) is 0 Å². The number of aromatic nitrogens is 2. The highest BCUT2D eigenvalue weighted by Crippen LogP contribution is 2.31. The van der Waals surface area contributed by atoms with Gasteiger partial charge in [0, 0.05) is 23.0 Å². The molecule has 0 aliphatic heterocycles. The summed E-state index contributed by atoms with van der Waals surface area (Å²) in [5, 5.41) is 5.12. The zero-order valence-corrected chi connectivity index (χ0v) is 13.4. The van der Waals surface area contributed by atoms with E-state index in [0.717, 1.165) is 6.26 Å². The largest absolute Gasteiger partial charge is 0.298 e. The van der Waals surface area contributed by atoms with Gasteiger partial charge in [0.05, 0.1) is 22.9 Å². The number of carbonyl (C=O) groups is 1. The van der Waals surface area contributed by atoms with Crippen LogP contribution in [0.2, 0.25) is 10.0 Å². The van der Waals surface area contributed by atoms with E-state index in [1.54, 1.807) is 18.2 Å². The average molecular weight is 347 g/mol. The second-order valence-corrected chi connectivity index (χ2v) is 7.67. The number of halogens is 2. The van der Waals surface area contributed by atoms with Crippen molar-refractivity contribution in [2.45, 2.75) is 6.54 Å². The first-order valence-electron chi connectivity index (χ1n) is 5.96. The van der Waals surface area contributed by atoms with Crippen molar-refractivity contribution in [1.29, 1.82) is 0 Å². The van der Waals surface area contributed by atoms with Crippen LogP contribution in [0.25, 0.3) is 11.3 Å². The number of aryl methyl sites for hydroxylation is 1.